The molecule has 1 heterocycles. The van der Waals surface area contributed by atoms with E-state index in [0.29, 0.717) is 0 Å². The van der Waals surface area contributed by atoms with E-state index in [4.69, 9.17) is 0 Å². The molecule has 0 spiro atoms. The van der Waals surface area contributed by atoms with Gasteiger partial charge in [-0.25, -0.2) is 0 Å². The number of hydrogen-bond acceptors (Lipinski definition) is 1. The van der Waals surface area contributed by atoms with Crippen molar-refractivity contribution in [3.63, 3.8) is 0 Å². The van der Waals surface area contributed by atoms with Crippen molar-refractivity contribution in [3.8, 4) is 0 Å². The molecule has 0 atom stereocenters. The zero-order valence-corrected chi connectivity index (χ0v) is 12.1. The fourth-order valence-corrected chi connectivity index (χ4v) is 2.02. The lowest BCUT2D eigenvalue weighted by Gasteiger charge is -2.26. The van der Waals surface area contributed by atoms with Gasteiger partial charge >= 0.3 is 0 Å². The number of carbonyl (C=O) groups is 1. The van der Waals surface area contributed by atoms with Gasteiger partial charge in [0.15, 0.2) is 0 Å². The smallest absolute Gasteiger partial charge is 0.235 e. The van der Waals surface area contributed by atoms with E-state index in [1.54, 1.807) is 4.90 Å². The van der Waals surface area contributed by atoms with Crippen LogP contribution in [-0.2, 0) is 4.79 Å². The Hall–Kier alpha value is -1.83. The molecule has 1 aliphatic rings. The van der Waals surface area contributed by atoms with Crippen LogP contribution in [0.15, 0.2) is 48.8 Å². The lowest BCUT2D eigenvalue weighted by Crippen LogP contribution is -2.33. The second-order valence-corrected chi connectivity index (χ2v) is 6.08. The summed E-state index contributed by atoms with van der Waals surface area (Å²) in [6.07, 6.45) is 7.87. The summed E-state index contributed by atoms with van der Waals surface area (Å²) in [5.41, 5.74) is 2.16. The third-order valence-electron chi connectivity index (χ3n) is 3.25. The summed E-state index contributed by atoms with van der Waals surface area (Å²) in [4.78, 5) is 13.8. The predicted octanol–water partition coefficient (Wildman–Crippen LogP) is 3.99. The Morgan fingerprint density at radius 3 is 2.05 bits per heavy atom. The van der Waals surface area contributed by atoms with Crippen LogP contribution >= 0.6 is 0 Å². The average Bonchev–Trinajstić information content (AvgIpc) is 2.38. The summed E-state index contributed by atoms with van der Waals surface area (Å²) in [6, 6.07) is 8.50. The zero-order chi connectivity index (χ0) is 14.0. The van der Waals surface area contributed by atoms with Crippen LogP contribution in [-0.4, -0.2) is 10.8 Å². The van der Waals surface area contributed by atoms with Crippen LogP contribution in [0.25, 0.3) is 0 Å². The molecule has 100 valence electrons. The average molecular weight is 255 g/mol. The van der Waals surface area contributed by atoms with Crippen LogP contribution in [0.2, 0.25) is 0 Å². The first-order valence-corrected chi connectivity index (χ1v) is 6.64. The van der Waals surface area contributed by atoms with Gasteiger partial charge in [0.05, 0.1) is 0 Å². The third-order valence-corrected chi connectivity index (χ3v) is 3.25. The molecule has 0 fully saturated rings. The number of carbonyl (C=O) groups excluding carboxylic acids is 1. The zero-order valence-electron chi connectivity index (χ0n) is 12.1. The maximum Gasteiger partial charge on any atom is 0.235 e. The van der Waals surface area contributed by atoms with E-state index in [2.05, 4.69) is 43.3 Å². The fourth-order valence-electron chi connectivity index (χ4n) is 2.02. The van der Waals surface area contributed by atoms with Gasteiger partial charge < -0.3 is 0 Å². The Morgan fingerprint density at radius 1 is 1.05 bits per heavy atom. The lowest BCUT2D eigenvalue weighted by atomic mass is 9.93. The minimum atomic E-state index is -0.356. The normalized spacial score (nSPS) is 15.9. The second kappa shape index (κ2) is 5.04. The van der Waals surface area contributed by atoms with Crippen LogP contribution in [0.3, 0.4) is 0 Å². The molecule has 0 radical (unpaired) electrons. The SMILES string of the molecule is Cc1ccc(C2C=CN(C(=O)C(C)(C)C)C=C2)cc1. The van der Waals surface area contributed by atoms with Crippen LogP contribution in [0.1, 0.15) is 37.8 Å². The third kappa shape index (κ3) is 3.14. The number of nitrogens with zero attached hydrogens (tertiary/aromatic N) is 1. The highest BCUT2D eigenvalue weighted by Gasteiger charge is 2.26. The molecule has 1 aromatic carbocycles. The van der Waals surface area contributed by atoms with Gasteiger partial charge in [-0.3, -0.25) is 9.69 Å². The maximum absolute atomic E-state index is 12.1. The van der Waals surface area contributed by atoms with Gasteiger partial charge in [-0.1, -0.05) is 62.8 Å². The first-order valence-electron chi connectivity index (χ1n) is 6.64. The van der Waals surface area contributed by atoms with Gasteiger partial charge in [0, 0.05) is 23.7 Å². The number of amides is 1. The van der Waals surface area contributed by atoms with Crippen LogP contribution in [0.5, 0.6) is 0 Å². The first kappa shape index (κ1) is 13.6. The highest BCUT2D eigenvalue weighted by molar-refractivity contribution is 5.83. The Labute approximate surface area is 115 Å². The highest BCUT2D eigenvalue weighted by atomic mass is 16.2. The summed E-state index contributed by atoms with van der Waals surface area (Å²) >= 11 is 0. The lowest BCUT2D eigenvalue weighted by molar-refractivity contribution is -0.134. The molecule has 0 bridgehead atoms. The Kier molecular flexibility index (Phi) is 3.61. The molecule has 1 aromatic rings. The number of aryl methyl sites for hydroxylation is 1. The summed E-state index contributed by atoms with van der Waals surface area (Å²) < 4.78 is 0. The number of allylic oxidation sites excluding steroid dienone is 2. The van der Waals surface area contributed by atoms with E-state index in [1.807, 2.05) is 33.2 Å². The summed E-state index contributed by atoms with van der Waals surface area (Å²) in [5.74, 6) is 0.368. The molecule has 19 heavy (non-hydrogen) atoms. The molecule has 0 saturated heterocycles. The molecule has 2 heteroatoms. The van der Waals surface area contributed by atoms with E-state index < -0.39 is 0 Å². The van der Waals surface area contributed by atoms with E-state index in [0.717, 1.165) is 0 Å². The summed E-state index contributed by atoms with van der Waals surface area (Å²) in [6.45, 7) is 7.88. The van der Waals surface area contributed by atoms with Gasteiger partial charge in [-0.2, -0.15) is 0 Å². The fraction of sp³-hybridized carbons (Fsp3) is 0.353. The van der Waals surface area contributed by atoms with Crippen LogP contribution in [0.4, 0.5) is 0 Å². The standard InChI is InChI=1S/C17H21NO/c1-13-5-7-14(8-6-13)15-9-11-18(12-10-15)16(19)17(2,3)4/h5-12,15H,1-4H3. The van der Waals surface area contributed by atoms with Crippen molar-refractivity contribution < 1.29 is 4.79 Å². The van der Waals surface area contributed by atoms with Gasteiger partial charge in [0.2, 0.25) is 5.91 Å². The van der Waals surface area contributed by atoms with E-state index in [-0.39, 0.29) is 17.2 Å². The van der Waals surface area contributed by atoms with Gasteiger partial charge in [0.1, 0.15) is 0 Å². The van der Waals surface area contributed by atoms with Gasteiger partial charge in [-0.05, 0) is 12.5 Å². The van der Waals surface area contributed by atoms with Crippen molar-refractivity contribution in [2.75, 3.05) is 0 Å². The molecule has 1 amide bonds. The Bertz CT molecular complexity index is 503. The number of hydrogen-bond donors (Lipinski definition) is 0. The van der Waals surface area contributed by atoms with Crippen molar-refractivity contribution in [2.24, 2.45) is 5.41 Å². The predicted molar refractivity (Wildman–Crippen MR) is 78.5 cm³/mol. The van der Waals surface area contributed by atoms with E-state index in [1.165, 1.54) is 11.1 Å². The number of benzene rings is 1. The van der Waals surface area contributed by atoms with Crippen molar-refractivity contribution in [3.05, 3.63) is 59.9 Å². The molecule has 1 aliphatic heterocycles. The van der Waals surface area contributed by atoms with Gasteiger partial charge in [-0.15, -0.1) is 0 Å². The van der Waals surface area contributed by atoms with Crippen LogP contribution in [0, 0.1) is 12.3 Å². The Balaban J connectivity index is 2.11. The topological polar surface area (TPSA) is 20.3 Å². The Morgan fingerprint density at radius 2 is 1.58 bits per heavy atom. The molecule has 2 rings (SSSR count). The van der Waals surface area contributed by atoms with E-state index >= 15 is 0 Å². The number of rotatable bonds is 1. The molecular weight excluding hydrogens is 234 g/mol. The minimum absolute atomic E-state index is 0.113. The van der Waals surface area contributed by atoms with Gasteiger partial charge in [0.25, 0.3) is 0 Å². The maximum atomic E-state index is 12.1. The van der Waals surface area contributed by atoms with Crippen molar-refractivity contribution in [1.29, 1.82) is 0 Å². The van der Waals surface area contributed by atoms with Crippen molar-refractivity contribution >= 4 is 5.91 Å². The molecule has 0 unspecified atom stereocenters. The monoisotopic (exact) mass is 255 g/mol. The largest absolute Gasteiger partial charge is 0.295 e. The van der Waals surface area contributed by atoms with Crippen molar-refractivity contribution in [2.45, 2.75) is 33.6 Å². The highest BCUT2D eigenvalue weighted by Crippen LogP contribution is 2.25. The first-order chi connectivity index (χ1) is 8.88. The molecular formula is C17H21NO. The second-order valence-electron chi connectivity index (χ2n) is 6.08. The molecule has 0 aliphatic carbocycles. The molecule has 0 aromatic heterocycles. The van der Waals surface area contributed by atoms with Crippen molar-refractivity contribution in [1.82, 2.24) is 4.90 Å². The summed E-state index contributed by atoms with van der Waals surface area (Å²) in [5, 5.41) is 0. The van der Waals surface area contributed by atoms with Crippen LogP contribution < -0.4 is 0 Å². The summed E-state index contributed by atoms with van der Waals surface area (Å²) in [7, 11) is 0. The quantitative estimate of drug-likeness (QED) is 0.743. The minimum Gasteiger partial charge on any atom is -0.295 e. The molecule has 0 N–H and O–H groups in total. The van der Waals surface area contributed by atoms with E-state index in [9.17, 15) is 4.79 Å². The molecule has 2 nitrogen and oxygen atoms in total. The molecule has 0 saturated carbocycles.